The van der Waals surface area contributed by atoms with Crippen molar-refractivity contribution in [3.8, 4) is 17.1 Å². The lowest BCUT2D eigenvalue weighted by molar-refractivity contribution is -0.137. The SMILES string of the molecule is O=C(O)CCCCCSc1nnc(-c2ccncc2)n1-c1ccccc1. The number of aromatic nitrogens is 4. The van der Waals surface area contributed by atoms with Crippen LogP contribution in [0.5, 0.6) is 0 Å². The van der Waals surface area contributed by atoms with Crippen LogP contribution in [0.15, 0.2) is 60.0 Å². The first-order valence-electron chi connectivity index (χ1n) is 8.51. The topological polar surface area (TPSA) is 80.9 Å². The van der Waals surface area contributed by atoms with Crippen LogP contribution in [-0.4, -0.2) is 36.6 Å². The van der Waals surface area contributed by atoms with Crippen molar-refractivity contribution in [2.45, 2.75) is 30.8 Å². The average molecular weight is 368 g/mol. The molecule has 26 heavy (non-hydrogen) atoms. The Hall–Kier alpha value is -2.67. The smallest absolute Gasteiger partial charge is 0.303 e. The van der Waals surface area contributed by atoms with Crippen molar-refractivity contribution in [2.24, 2.45) is 0 Å². The summed E-state index contributed by atoms with van der Waals surface area (Å²) in [4.78, 5) is 14.6. The minimum absolute atomic E-state index is 0.233. The van der Waals surface area contributed by atoms with Crippen LogP contribution in [0.2, 0.25) is 0 Å². The Bertz CT molecular complexity index is 837. The van der Waals surface area contributed by atoms with Gasteiger partial charge in [-0.2, -0.15) is 0 Å². The molecule has 0 amide bonds. The summed E-state index contributed by atoms with van der Waals surface area (Å²) in [5, 5.41) is 18.3. The van der Waals surface area contributed by atoms with E-state index in [0.29, 0.717) is 6.42 Å². The number of unbranched alkanes of at least 4 members (excludes halogenated alkanes) is 2. The van der Waals surface area contributed by atoms with Gasteiger partial charge in [0.15, 0.2) is 11.0 Å². The van der Waals surface area contributed by atoms with Gasteiger partial charge in [0, 0.05) is 35.8 Å². The van der Waals surface area contributed by atoms with Gasteiger partial charge in [-0.25, -0.2) is 0 Å². The van der Waals surface area contributed by atoms with Crippen molar-refractivity contribution in [3.05, 3.63) is 54.9 Å². The second kappa shape index (κ2) is 9.15. The molecule has 1 N–H and O–H groups in total. The minimum Gasteiger partial charge on any atom is -0.481 e. The molecule has 0 atom stereocenters. The molecule has 0 saturated heterocycles. The Morgan fingerprint density at radius 1 is 1.00 bits per heavy atom. The second-order valence-electron chi connectivity index (χ2n) is 5.77. The summed E-state index contributed by atoms with van der Waals surface area (Å²) in [5.41, 5.74) is 1.97. The number of carbonyl (C=O) groups is 1. The molecule has 0 aliphatic heterocycles. The van der Waals surface area contributed by atoms with E-state index in [4.69, 9.17) is 5.11 Å². The van der Waals surface area contributed by atoms with Gasteiger partial charge in [0.2, 0.25) is 0 Å². The standard InChI is InChI=1S/C19H20N4O2S/c24-17(25)9-5-2-6-14-26-19-22-21-18(15-10-12-20-13-11-15)23(19)16-7-3-1-4-8-16/h1,3-4,7-8,10-13H,2,5-6,9,14H2,(H,24,25). The molecular weight excluding hydrogens is 348 g/mol. The van der Waals surface area contributed by atoms with E-state index in [9.17, 15) is 4.79 Å². The number of para-hydroxylation sites is 1. The normalized spacial score (nSPS) is 10.8. The van der Waals surface area contributed by atoms with Gasteiger partial charge in [0.05, 0.1) is 0 Å². The molecule has 0 aliphatic carbocycles. The first-order chi connectivity index (χ1) is 12.8. The molecule has 0 fully saturated rings. The third-order valence-electron chi connectivity index (χ3n) is 3.85. The maximum absolute atomic E-state index is 10.6. The number of carboxylic acids is 1. The number of hydrogen-bond acceptors (Lipinski definition) is 5. The second-order valence-corrected chi connectivity index (χ2v) is 6.83. The average Bonchev–Trinajstić information content (AvgIpc) is 3.09. The zero-order valence-electron chi connectivity index (χ0n) is 14.3. The van der Waals surface area contributed by atoms with E-state index < -0.39 is 5.97 Å². The highest BCUT2D eigenvalue weighted by Gasteiger charge is 2.15. The molecule has 3 aromatic rings. The Balaban J connectivity index is 1.76. The van der Waals surface area contributed by atoms with Crippen LogP contribution >= 0.6 is 11.8 Å². The summed E-state index contributed by atoms with van der Waals surface area (Å²) in [6, 6.07) is 13.9. The highest BCUT2D eigenvalue weighted by molar-refractivity contribution is 7.99. The van der Waals surface area contributed by atoms with Crippen LogP contribution in [0.1, 0.15) is 25.7 Å². The van der Waals surface area contributed by atoms with E-state index in [1.54, 1.807) is 24.2 Å². The summed E-state index contributed by atoms with van der Waals surface area (Å²) in [6.45, 7) is 0. The van der Waals surface area contributed by atoms with Crippen molar-refractivity contribution in [2.75, 3.05) is 5.75 Å². The molecule has 0 bridgehead atoms. The molecule has 3 rings (SSSR count). The molecule has 7 heteroatoms. The maximum Gasteiger partial charge on any atom is 0.303 e. The van der Waals surface area contributed by atoms with E-state index in [0.717, 1.165) is 40.8 Å². The number of nitrogens with zero attached hydrogens (tertiary/aromatic N) is 4. The fourth-order valence-corrected chi connectivity index (χ4v) is 3.53. The van der Waals surface area contributed by atoms with Crippen LogP contribution in [-0.2, 0) is 4.79 Å². The molecule has 6 nitrogen and oxygen atoms in total. The lowest BCUT2D eigenvalue weighted by Gasteiger charge is -2.10. The number of pyridine rings is 1. The summed E-state index contributed by atoms with van der Waals surface area (Å²) in [7, 11) is 0. The van der Waals surface area contributed by atoms with E-state index in [-0.39, 0.29) is 6.42 Å². The van der Waals surface area contributed by atoms with Crippen molar-refractivity contribution in [3.63, 3.8) is 0 Å². The number of hydrogen-bond donors (Lipinski definition) is 1. The van der Waals surface area contributed by atoms with Crippen LogP contribution in [0.4, 0.5) is 0 Å². The zero-order chi connectivity index (χ0) is 18.2. The molecular formula is C19H20N4O2S. The quantitative estimate of drug-likeness (QED) is 0.453. The van der Waals surface area contributed by atoms with Crippen molar-refractivity contribution >= 4 is 17.7 Å². The van der Waals surface area contributed by atoms with Crippen molar-refractivity contribution in [1.82, 2.24) is 19.7 Å². The lowest BCUT2D eigenvalue weighted by Crippen LogP contribution is -2.00. The predicted molar refractivity (Wildman–Crippen MR) is 101 cm³/mol. The zero-order valence-corrected chi connectivity index (χ0v) is 15.1. The first-order valence-corrected chi connectivity index (χ1v) is 9.50. The monoisotopic (exact) mass is 368 g/mol. The Labute approximate surface area is 156 Å². The van der Waals surface area contributed by atoms with E-state index in [1.165, 1.54) is 0 Å². The van der Waals surface area contributed by atoms with Crippen molar-refractivity contribution < 1.29 is 9.90 Å². The summed E-state index contributed by atoms with van der Waals surface area (Å²) < 4.78 is 2.05. The third kappa shape index (κ3) is 4.70. The van der Waals surface area contributed by atoms with Gasteiger partial charge >= 0.3 is 5.97 Å². The van der Waals surface area contributed by atoms with Gasteiger partial charge < -0.3 is 5.11 Å². The molecule has 2 heterocycles. The van der Waals surface area contributed by atoms with E-state index >= 15 is 0 Å². The molecule has 134 valence electrons. The molecule has 2 aromatic heterocycles. The van der Waals surface area contributed by atoms with Gasteiger partial charge in [0.25, 0.3) is 0 Å². The van der Waals surface area contributed by atoms with E-state index in [2.05, 4.69) is 19.7 Å². The lowest BCUT2D eigenvalue weighted by atomic mass is 10.2. The van der Waals surface area contributed by atoms with Crippen LogP contribution in [0.25, 0.3) is 17.1 Å². The highest BCUT2D eigenvalue weighted by Crippen LogP contribution is 2.28. The van der Waals surface area contributed by atoms with Gasteiger partial charge in [-0.05, 0) is 37.1 Å². The number of benzene rings is 1. The maximum atomic E-state index is 10.6. The Morgan fingerprint density at radius 2 is 1.77 bits per heavy atom. The van der Waals surface area contributed by atoms with Crippen LogP contribution < -0.4 is 0 Å². The molecule has 0 unspecified atom stereocenters. The minimum atomic E-state index is -0.733. The molecule has 1 aromatic carbocycles. The fourth-order valence-electron chi connectivity index (χ4n) is 2.58. The Kier molecular flexibility index (Phi) is 6.38. The molecule has 0 saturated carbocycles. The fraction of sp³-hybridized carbons (Fsp3) is 0.263. The van der Waals surface area contributed by atoms with Gasteiger partial charge in [0.1, 0.15) is 0 Å². The Morgan fingerprint density at radius 3 is 2.50 bits per heavy atom. The number of carboxylic acid groups (broad SMARTS) is 1. The van der Waals surface area contributed by atoms with Crippen LogP contribution in [0.3, 0.4) is 0 Å². The van der Waals surface area contributed by atoms with Gasteiger partial charge in [-0.3, -0.25) is 14.3 Å². The highest BCUT2D eigenvalue weighted by atomic mass is 32.2. The van der Waals surface area contributed by atoms with E-state index in [1.807, 2.05) is 42.5 Å². The number of aliphatic carboxylic acids is 1. The third-order valence-corrected chi connectivity index (χ3v) is 4.87. The van der Waals surface area contributed by atoms with Gasteiger partial charge in [-0.15, -0.1) is 10.2 Å². The molecule has 0 aliphatic rings. The van der Waals surface area contributed by atoms with Crippen LogP contribution in [0, 0.1) is 0 Å². The predicted octanol–water partition coefficient (Wildman–Crippen LogP) is 4.07. The largest absolute Gasteiger partial charge is 0.481 e. The summed E-state index contributed by atoms with van der Waals surface area (Å²) in [6.07, 6.45) is 6.28. The number of thioether (sulfide) groups is 1. The molecule has 0 spiro atoms. The number of rotatable bonds is 9. The first kappa shape index (κ1) is 18.1. The molecule has 0 radical (unpaired) electrons. The summed E-state index contributed by atoms with van der Waals surface area (Å²) >= 11 is 1.64. The summed E-state index contributed by atoms with van der Waals surface area (Å²) in [5.74, 6) is 0.927. The van der Waals surface area contributed by atoms with Gasteiger partial charge in [-0.1, -0.05) is 36.4 Å². The van der Waals surface area contributed by atoms with Crippen molar-refractivity contribution in [1.29, 1.82) is 0 Å².